The van der Waals surface area contributed by atoms with Crippen molar-refractivity contribution in [3.05, 3.63) is 17.7 Å². The van der Waals surface area contributed by atoms with E-state index in [1.807, 2.05) is 14.0 Å². The summed E-state index contributed by atoms with van der Waals surface area (Å²) in [6.45, 7) is 2.03. The van der Waals surface area contributed by atoms with E-state index in [9.17, 15) is 0 Å². The number of rotatable bonds is 4. The first-order chi connectivity index (χ1) is 8.78. The van der Waals surface area contributed by atoms with Crippen molar-refractivity contribution in [2.45, 2.75) is 35.0 Å². The van der Waals surface area contributed by atoms with E-state index in [2.05, 4.69) is 24.6 Å². The van der Waals surface area contributed by atoms with Crippen LogP contribution in [0.15, 0.2) is 15.7 Å². The van der Waals surface area contributed by atoms with Crippen LogP contribution in [0.2, 0.25) is 0 Å². The lowest BCUT2D eigenvalue weighted by Crippen LogP contribution is -2.03. The monoisotopic (exact) mass is 279 g/mol. The Balaban J connectivity index is 1.98. The van der Waals surface area contributed by atoms with Gasteiger partial charge in [0.1, 0.15) is 23.0 Å². The molecule has 94 valence electrons. The van der Waals surface area contributed by atoms with Crippen molar-refractivity contribution in [1.82, 2.24) is 19.3 Å². The Morgan fingerprint density at radius 1 is 1.39 bits per heavy atom. The molecule has 7 heteroatoms. The molecular formula is C11H13N5S2. The molecule has 1 N–H and O–H groups in total. The van der Waals surface area contributed by atoms with Gasteiger partial charge in [0, 0.05) is 18.5 Å². The van der Waals surface area contributed by atoms with Gasteiger partial charge >= 0.3 is 0 Å². The maximum atomic E-state index is 4.67. The molecular weight excluding hydrogens is 266 g/mol. The molecule has 0 aliphatic heterocycles. The molecule has 0 spiro atoms. The maximum Gasteiger partial charge on any atom is 0.176 e. The summed E-state index contributed by atoms with van der Waals surface area (Å²) in [5.41, 5.74) is 1.07. The average molecular weight is 279 g/mol. The Kier molecular flexibility index (Phi) is 3.17. The quantitative estimate of drug-likeness (QED) is 0.868. The summed E-state index contributed by atoms with van der Waals surface area (Å²) in [6.07, 6.45) is 3.98. The van der Waals surface area contributed by atoms with Crippen LogP contribution in [-0.2, 0) is 0 Å². The standard InChI is InChI=1S/C11H13N5S2/c1-6-8(12-2)15-9(7-3-4-7)16-10(6)17-11-13-5-14-18-11/h5,7H,3-4H2,1-2H3,(H,12,15,16). The van der Waals surface area contributed by atoms with E-state index in [-0.39, 0.29) is 0 Å². The first-order valence-corrected chi connectivity index (χ1v) is 7.37. The zero-order valence-corrected chi connectivity index (χ0v) is 11.8. The molecule has 1 aliphatic carbocycles. The number of hydrogen-bond donors (Lipinski definition) is 1. The zero-order valence-electron chi connectivity index (χ0n) is 10.2. The highest BCUT2D eigenvalue weighted by molar-refractivity contribution is 8.00. The Hall–Kier alpha value is -1.21. The first-order valence-electron chi connectivity index (χ1n) is 5.78. The number of anilines is 1. The van der Waals surface area contributed by atoms with Crippen LogP contribution in [0.25, 0.3) is 0 Å². The van der Waals surface area contributed by atoms with Gasteiger partial charge in [-0.15, -0.1) is 0 Å². The normalized spacial score (nSPS) is 14.8. The molecule has 2 aromatic heterocycles. The largest absolute Gasteiger partial charge is 0.373 e. The minimum absolute atomic E-state index is 0.548. The summed E-state index contributed by atoms with van der Waals surface area (Å²) in [5.74, 6) is 2.42. The molecule has 1 fully saturated rings. The van der Waals surface area contributed by atoms with E-state index in [0.29, 0.717) is 5.92 Å². The van der Waals surface area contributed by atoms with Gasteiger partial charge in [0.15, 0.2) is 4.34 Å². The third-order valence-electron chi connectivity index (χ3n) is 2.82. The van der Waals surface area contributed by atoms with Crippen molar-refractivity contribution >= 4 is 29.1 Å². The summed E-state index contributed by atoms with van der Waals surface area (Å²) < 4.78 is 4.93. The summed E-state index contributed by atoms with van der Waals surface area (Å²) in [6, 6.07) is 0. The Labute approximate surface area is 114 Å². The molecule has 0 atom stereocenters. The van der Waals surface area contributed by atoms with Crippen LogP contribution in [-0.4, -0.2) is 26.4 Å². The van der Waals surface area contributed by atoms with E-state index < -0.39 is 0 Å². The second-order valence-corrected chi connectivity index (χ2v) is 6.21. The lowest BCUT2D eigenvalue weighted by atomic mass is 10.3. The topological polar surface area (TPSA) is 63.6 Å². The van der Waals surface area contributed by atoms with Crippen LogP contribution < -0.4 is 5.32 Å². The average Bonchev–Trinajstić information content (AvgIpc) is 3.11. The molecule has 0 saturated heterocycles. The van der Waals surface area contributed by atoms with E-state index in [0.717, 1.165) is 26.6 Å². The van der Waals surface area contributed by atoms with Gasteiger partial charge in [-0.3, -0.25) is 0 Å². The smallest absolute Gasteiger partial charge is 0.176 e. The van der Waals surface area contributed by atoms with Gasteiger partial charge in [0.25, 0.3) is 0 Å². The van der Waals surface area contributed by atoms with Crippen LogP contribution in [0.3, 0.4) is 0 Å². The van der Waals surface area contributed by atoms with E-state index >= 15 is 0 Å². The lowest BCUT2D eigenvalue weighted by Gasteiger charge is -2.10. The van der Waals surface area contributed by atoms with Gasteiger partial charge < -0.3 is 5.32 Å². The molecule has 2 aromatic rings. The highest BCUT2D eigenvalue weighted by Crippen LogP contribution is 2.40. The van der Waals surface area contributed by atoms with Crippen molar-refractivity contribution < 1.29 is 0 Å². The summed E-state index contributed by atoms with van der Waals surface area (Å²) in [5, 5.41) is 4.12. The Morgan fingerprint density at radius 3 is 2.83 bits per heavy atom. The molecule has 0 amide bonds. The Bertz CT molecular complexity index is 551. The number of nitrogens with one attached hydrogen (secondary N) is 1. The molecule has 0 unspecified atom stereocenters. The molecule has 0 radical (unpaired) electrons. The van der Waals surface area contributed by atoms with Gasteiger partial charge in [0.05, 0.1) is 0 Å². The van der Waals surface area contributed by atoms with Gasteiger partial charge in [-0.25, -0.2) is 15.0 Å². The highest BCUT2D eigenvalue weighted by Gasteiger charge is 2.28. The first kappa shape index (κ1) is 11.9. The van der Waals surface area contributed by atoms with Crippen molar-refractivity contribution in [2.24, 2.45) is 0 Å². The Morgan fingerprint density at radius 2 is 2.22 bits per heavy atom. The number of nitrogens with zero attached hydrogens (tertiary/aromatic N) is 4. The van der Waals surface area contributed by atoms with Crippen LogP contribution >= 0.6 is 23.3 Å². The second-order valence-electron chi connectivity index (χ2n) is 4.19. The van der Waals surface area contributed by atoms with Crippen LogP contribution in [0, 0.1) is 6.92 Å². The number of hydrogen-bond acceptors (Lipinski definition) is 7. The molecule has 5 nitrogen and oxygen atoms in total. The molecule has 0 aromatic carbocycles. The molecule has 1 aliphatic rings. The van der Waals surface area contributed by atoms with Gasteiger partial charge in [0.2, 0.25) is 0 Å². The summed E-state index contributed by atoms with van der Waals surface area (Å²) in [7, 11) is 1.89. The fraction of sp³-hybridized carbons (Fsp3) is 0.455. The van der Waals surface area contributed by atoms with Crippen molar-refractivity contribution in [3.8, 4) is 0 Å². The second kappa shape index (κ2) is 4.81. The number of aromatic nitrogens is 4. The molecule has 0 bridgehead atoms. The fourth-order valence-corrected chi connectivity index (χ4v) is 3.12. The van der Waals surface area contributed by atoms with Crippen molar-refractivity contribution in [2.75, 3.05) is 12.4 Å². The summed E-state index contributed by atoms with van der Waals surface area (Å²) in [4.78, 5) is 13.4. The van der Waals surface area contributed by atoms with Crippen LogP contribution in [0.4, 0.5) is 5.82 Å². The van der Waals surface area contributed by atoms with Crippen molar-refractivity contribution in [1.29, 1.82) is 0 Å². The van der Waals surface area contributed by atoms with Gasteiger partial charge in [-0.2, -0.15) is 4.37 Å². The SMILES string of the molecule is CNc1nc(C2CC2)nc(Sc2ncns2)c1C. The predicted octanol–water partition coefficient (Wildman–Crippen LogP) is 2.71. The minimum atomic E-state index is 0.548. The minimum Gasteiger partial charge on any atom is -0.373 e. The molecule has 18 heavy (non-hydrogen) atoms. The highest BCUT2D eigenvalue weighted by atomic mass is 32.2. The summed E-state index contributed by atoms with van der Waals surface area (Å²) >= 11 is 2.95. The van der Waals surface area contributed by atoms with Crippen LogP contribution in [0.5, 0.6) is 0 Å². The van der Waals surface area contributed by atoms with E-state index in [4.69, 9.17) is 0 Å². The lowest BCUT2D eigenvalue weighted by molar-refractivity contribution is 0.864. The fourth-order valence-electron chi connectivity index (χ4n) is 1.67. The molecule has 2 heterocycles. The maximum absolute atomic E-state index is 4.67. The van der Waals surface area contributed by atoms with Crippen molar-refractivity contribution in [3.63, 3.8) is 0 Å². The predicted molar refractivity (Wildman–Crippen MR) is 72.3 cm³/mol. The third-order valence-corrected chi connectivity index (χ3v) is 4.63. The van der Waals surface area contributed by atoms with Gasteiger partial charge in [-0.1, -0.05) is 0 Å². The molecule has 3 rings (SSSR count). The van der Waals surface area contributed by atoms with E-state index in [1.165, 1.54) is 24.4 Å². The van der Waals surface area contributed by atoms with Crippen LogP contribution in [0.1, 0.15) is 30.1 Å². The third kappa shape index (κ3) is 2.32. The zero-order chi connectivity index (χ0) is 12.5. The van der Waals surface area contributed by atoms with Gasteiger partial charge in [-0.05, 0) is 43.1 Å². The molecule has 1 saturated carbocycles. The van der Waals surface area contributed by atoms with E-state index in [1.54, 1.807) is 18.1 Å².